The summed E-state index contributed by atoms with van der Waals surface area (Å²) in [5.74, 6) is -0.142. The lowest BCUT2D eigenvalue weighted by molar-refractivity contribution is -0.154. The SMILES string of the molecule is COCC(C)OC1CCCC(NC2CC2)(C(=O)OC)C1. The Balaban J connectivity index is 1.98. The zero-order valence-electron chi connectivity index (χ0n) is 12.8. The first kappa shape index (κ1) is 15.7. The van der Waals surface area contributed by atoms with Crippen molar-refractivity contribution in [3.05, 3.63) is 0 Å². The van der Waals surface area contributed by atoms with Gasteiger partial charge in [-0.3, -0.25) is 10.1 Å². The molecule has 5 heteroatoms. The minimum Gasteiger partial charge on any atom is -0.468 e. The molecule has 2 fully saturated rings. The molecule has 3 unspecified atom stereocenters. The Labute approximate surface area is 121 Å². The largest absolute Gasteiger partial charge is 0.468 e. The maximum Gasteiger partial charge on any atom is 0.326 e. The van der Waals surface area contributed by atoms with Crippen molar-refractivity contribution in [2.75, 3.05) is 20.8 Å². The lowest BCUT2D eigenvalue weighted by Gasteiger charge is -2.40. The van der Waals surface area contributed by atoms with Crippen LogP contribution in [0.1, 0.15) is 45.4 Å². The first-order chi connectivity index (χ1) is 9.59. The average Bonchev–Trinajstić information content (AvgIpc) is 3.22. The van der Waals surface area contributed by atoms with Crippen LogP contribution < -0.4 is 5.32 Å². The van der Waals surface area contributed by atoms with Crippen LogP contribution in [0.2, 0.25) is 0 Å². The molecular weight excluding hydrogens is 258 g/mol. The molecule has 20 heavy (non-hydrogen) atoms. The Kier molecular flexibility index (Phi) is 5.41. The Morgan fingerprint density at radius 2 is 2.10 bits per heavy atom. The molecule has 0 aromatic carbocycles. The van der Waals surface area contributed by atoms with Crippen LogP contribution in [0.15, 0.2) is 0 Å². The van der Waals surface area contributed by atoms with Crippen molar-refractivity contribution in [1.82, 2.24) is 5.32 Å². The van der Waals surface area contributed by atoms with E-state index in [1.165, 1.54) is 7.11 Å². The second-order valence-electron chi connectivity index (χ2n) is 6.11. The lowest BCUT2D eigenvalue weighted by atomic mass is 9.79. The van der Waals surface area contributed by atoms with Gasteiger partial charge in [-0.1, -0.05) is 0 Å². The fourth-order valence-corrected chi connectivity index (χ4v) is 3.13. The Hall–Kier alpha value is -0.650. The molecule has 0 aromatic heterocycles. The molecule has 0 heterocycles. The van der Waals surface area contributed by atoms with Gasteiger partial charge in [0.25, 0.3) is 0 Å². The summed E-state index contributed by atoms with van der Waals surface area (Å²) in [5.41, 5.74) is -0.550. The molecule has 3 atom stereocenters. The van der Waals surface area contributed by atoms with Crippen molar-refractivity contribution in [2.24, 2.45) is 0 Å². The van der Waals surface area contributed by atoms with Crippen molar-refractivity contribution in [2.45, 2.75) is 69.2 Å². The molecule has 2 aliphatic rings. The summed E-state index contributed by atoms with van der Waals surface area (Å²) in [6, 6.07) is 0.476. The third kappa shape index (κ3) is 3.93. The zero-order valence-corrected chi connectivity index (χ0v) is 12.8. The molecule has 116 valence electrons. The number of hydrogen-bond donors (Lipinski definition) is 1. The van der Waals surface area contributed by atoms with E-state index in [0.717, 1.165) is 32.1 Å². The van der Waals surface area contributed by atoms with Crippen molar-refractivity contribution in [3.63, 3.8) is 0 Å². The van der Waals surface area contributed by atoms with Gasteiger partial charge in [0.1, 0.15) is 5.54 Å². The molecule has 0 bridgehead atoms. The second kappa shape index (κ2) is 6.87. The fraction of sp³-hybridized carbons (Fsp3) is 0.933. The minimum atomic E-state index is -0.550. The van der Waals surface area contributed by atoms with Crippen LogP contribution in [-0.4, -0.2) is 50.6 Å². The number of rotatable bonds is 7. The first-order valence-corrected chi connectivity index (χ1v) is 7.60. The van der Waals surface area contributed by atoms with E-state index < -0.39 is 5.54 Å². The van der Waals surface area contributed by atoms with Crippen LogP contribution in [0.4, 0.5) is 0 Å². The molecule has 0 aromatic rings. The molecule has 0 radical (unpaired) electrons. The van der Waals surface area contributed by atoms with Crippen molar-refractivity contribution in [3.8, 4) is 0 Å². The molecular formula is C15H27NO4. The first-order valence-electron chi connectivity index (χ1n) is 7.60. The molecule has 0 amide bonds. The van der Waals surface area contributed by atoms with E-state index >= 15 is 0 Å². The molecule has 2 rings (SSSR count). The van der Waals surface area contributed by atoms with Gasteiger partial charge in [-0.05, 0) is 39.0 Å². The Morgan fingerprint density at radius 3 is 2.70 bits per heavy atom. The van der Waals surface area contributed by atoms with Crippen LogP contribution in [0.25, 0.3) is 0 Å². The number of carbonyl (C=O) groups excluding carboxylic acids is 1. The molecule has 2 aliphatic carbocycles. The molecule has 2 saturated carbocycles. The number of methoxy groups -OCH3 is 2. The maximum atomic E-state index is 12.2. The van der Waals surface area contributed by atoms with Crippen LogP contribution in [0.5, 0.6) is 0 Å². The minimum absolute atomic E-state index is 0.0550. The highest BCUT2D eigenvalue weighted by atomic mass is 16.5. The summed E-state index contributed by atoms with van der Waals surface area (Å²) in [7, 11) is 3.14. The third-order valence-electron chi connectivity index (χ3n) is 4.17. The van der Waals surface area contributed by atoms with Crippen LogP contribution in [0, 0.1) is 0 Å². The van der Waals surface area contributed by atoms with E-state index in [9.17, 15) is 4.79 Å². The number of nitrogens with one attached hydrogen (secondary N) is 1. The maximum absolute atomic E-state index is 12.2. The molecule has 0 aliphatic heterocycles. The number of hydrogen-bond acceptors (Lipinski definition) is 5. The van der Waals surface area contributed by atoms with E-state index in [0.29, 0.717) is 19.1 Å². The van der Waals surface area contributed by atoms with E-state index in [1.54, 1.807) is 7.11 Å². The van der Waals surface area contributed by atoms with Gasteiger partial charge >= 0.3 is 5.97 Å². The molecule has 0 spiro atoms. The quantitative estimate of drug-likeness (QED) is 0.721. The number of esters is 1. The second-order valence-corrected chi connectivity index (χ2v) is 6.11. The highest BCUT2D eigenvalue weighted by Crippen LogP contribution is 2.35. The van der Waals surface area contributed by atoms with E-state index in [2.05, 4.69) is 5.32 Å². The Morgan fingerprint density at radius 1 is 1.35 bits per heavy atom. The van der Waals surface area contributed by atoms with Crippen molar-refractivity contribution < 1.29 is 19.0 Å². The third-order valence-corrected chi connectivity index (χ3v) is 4.17. The molecule has 0 saturated heterocycles. The zero-order chi connectivity index (χ0) is 14.6. The van der Waals surface area contributed by atoms with Gasteiger partial charge in [-0.15, -0.1) is 0 Å². The van der Waals surface area contributed by atoms with E-state index in [-0.39, 0.29) is 18.2 Å². The van der Waals surface area contributed by atoms with Gasteiger partial charge < -0.3 is 14.2 Å². The van der Waals surface area contributed by atoms with E-state index in [4.69, 9.17) is 14.2 Å². The normalized spacial score (nSPS) is 31.9. The number of carbonyl (C=O) groups is 1. The van der Waals surface area contributed by atoms with Gasteiger partial charge in [0.05, 0.1) is 25.9 Å². The van der Waals surface area contributed by atoms with Gasteiger partial charge in [0, 0.05) is 19.6 Å². The smallest absolute Gasteiger partial charge is 0.326 e. The highest BCUT2D eigenvalue weighted by molar-refractivity contribution is 5.81. The summed E-state index contributed by atoms with van der Waals surface area (Å²) >= 11 is 0. The topological polar surface area (TPSA) is 56.8 Å². The van der Waals surface area contributed by atoms with Crippen molar-refractivity contribution >= 4 is 5.97 Å². The predicted molar refractivity (Wildman–Crippen MR) is 75.6 cm³/mol. The summed E-state index contributed by atoms with van der Waals surface area (Å²) in [6.07, 6.45) is 5.99. The van der Waals surface area contributed by atoms with Gasteiger partial charge in [-0.25, -0.2) is 0 Å². The Bertz CT molecular complexity index is 332. The summed E-state index contributed by atoms with van der Waals surface area (Å²) < 4.78 is 16.2. The summed E-state index contributed by atoms with van der Waals surface area (Å²) in [6.45, 7) is 2.59. The van der Waals surface area contributed by atoms with Gasteiger partial charge in [0.15, 0.2) is 0 Å². The molecule has 5 nitrogen and oxygen atoms in total. The standard InChI is InChI=1S/C15H27NO4/c1-11(10-18-2)20-13-5-4-8-15(9-13,14(17)19-3)16-12-6-7-12/h11-13,16H,4-10H2,1-3H3. The van der Waals surface area contributed by atoms with E-state index in [1.807, 2.05) is 6.92 Å². The monoisotopic (exact) mass is 285 g/mol. The van der Waals surface area contributed by atoms with Gasteiger partial charge in [0.2, 0.25) is 0 Å². The summed E-state index contributed by atoms with van der Waals surface area (Å²) in [5, 5.41) is 3.51. The summed E-state index contributed by atoms with van der Waals surface area (Å²) in [4.78, 5) is 12.2. The van der Waals surface area contributed by atoms with Crippen LogP contribution in [-0.2, 0) is 19.0 Å². The average molecular weight is 285 g/mol. The van der Waals surface area contributed by atoms with Crippen molar-refractivity contribution in [1.29, 1.82) is 0 Å². The van der Waals surface area contributed by atoms with Crippen LogP contribution >= 0.6 is 0 Å². The van der Waals surface area contributed by atoms with Crippen LogP contribution in [0.3, 0.4) is 0 Å². The van der Waals surface area contributed by atoms with Gasteiger partial charge in [-0.2, -0.15) is 0 Å². The number of ether oxygens (including phenoxy) is 3. The lowest BCUT2D eigenvalue weighted by Crippen LogP contribution is -2.57. The fourth-order valence-electron chi connectivity index (χ4n) is 3.13. The highest BCUT2D eigenvalue weighted by Gasteiger charge is 2.47. The molecule has 1 N–H and O–H groups in total. The predicted octanol–water partition coefficient (Wildman–Crippen LogP) is 1.64.